The van der Waals surface area contributed by atoms with Crippen LogP contribution in [0.15, 0.2) is 102 Å². The number of methoxy groups -OCH3 is 2. The summed E-state index contributed by atoms with van der Waals surface area (Å²) in [6.07, 6.45) is 1.62. The molecule has 0 aromatic heterocycles. The number of non-ortho nitro benzene ring substituents is 1. The van der Waals surface area contributed by atoms with Crippen molar-refractivity contribution >= 4 is 44.6 Å². The second-order valence-corrected chi connectivity index (χ2v) is 10.1. The van der Waals surface area contributed by atoms with Crippen LogP contribution in [0.3, 0.4) is 0 Å². The normalized spacial score (nSPS) is 11.4. The molecule has 1 amide bonds. The molecule has 0 heterocycles. The molecule has 0 aliphatic heterocycles. The number of nitrogens with one attached hydrogen (secondary N) is 2. The van der Waals surface area contributed by atoms with E-state index in [9.17, 15) is 23.3 Å². The Hall–Kier alpha value is -5.16. The molecule has 0 saturated carbocycles. The van der Waals surface area contributed by atoms with E-state index in [0.29, 0.717) is 33.9 Å². The fourth-order valence-corrected chi connectivity index (χ4v) is 4.83. The molecule has 0 saturated heterocycles. The van der Waals surface area contributed by atoms with Gasteiger partial charge in [-0.1, -0.05) is 30.3 Å². The van der Waals surface area contributed by atoms with Gasteiger partial charge in [0.1, 0.15) is 11.5 Å². The summed E-state index contributed by atoms with van der Waals surface area (Å²) in [5.41, 5.74) is 2.07. The Labute approximate surface area is 231 Å². The first kappa shape index (κ1) is 27.9. The summed E-state index contributed by atoms with van der Waals surface area (Å²) >= 11 is 0. The van der Waals surface area contributed by atoms with Gasteiger partial charge in [-0.05, 0) is 65.7 Å². The van der Waals surface area contributed by atoms with Crippen molar-refractivity contribution in [3.05, 3.63) is 118 Å². The Kier molecular flexibility index (Phi) is 8.45. The quantitative estimate of drug-likeness (QED) is 0.112. The van der Waals surface area contributed by atoms with Crippen LogP contribution in [0.5, 0.6) is 11.5 Å². The molecule has 0 unspecified atom stereocenters. The van der Waals surface area contributed by atoms with Gasteiger partial charge in [-0.15, -0.1) is 0 Å². The highest BCUT2D eigenvalue weighted by Gasteiger charge is 2.18. The summed E-state index contributed by atoms with van der Waals surface area (Å²) in [5.74, 6) is 0.327. The Morgan fingerprint density at radius 2 is 1.55 bits per heavy atom. The standard InChI is InChI=1S/C29H25N3O7S/c1-38-24-14-17-28(39-2)27(19-24)31-40(36,37)25-15-10-22(11-16-25)30-29(33)26(21-6-4-3-5-7-21)18-20-8-12-23(13-9-20)32(34)35/h3-19,31H,1-2H3,(H,30,33)/b26-18+. The van der Waals surface area contributed by atoms with Crippen LogP contribution in [0.2, 0.25) is 0 Å². The number of nitrogens with zero attached hydrogens (tertiary/aromatic N) is 1. The van der Waals surface area contributed by atoms with Gasteiger partial charge in [0.25, 0.3) is 21.6 Å². The van der Waals surface area contributed by atoms with E-state index in [-0.39, 0.29) is 16.3 Å². The van der Waals surface area contributed by atoms with E-state index in [4.69, 9.17) is 9.47 Å². The number of sulfonamides is 1. The summed E-state index contributed by atoms with van der Waals surface area (Å²) in [6, 6.07) is 25.2. The maximum Gasteiger partial charge on any atom is 0.269 e. The SMILES string of the molecule is COc1ccc(OC)c(NS(=O)(=O)c2ccc(NC(=O)/C(=C/c3ccc([N+](=O)[O-])cc3)c3ccccc3)cc2)c1. The van der Waals surface area contributed by atoms with E-state index in [1.54, 1.807) is 54.6 Å². The first-order valence-electron chi connectivity index (χ1n) is 11.9. The minimum atomic E-state index is -3.98. The summed E-state index contributed by atoms with van der Waals surface area (Å²) in [6.45, 7) is 0. The van der Waals surface area contributed by atoms with E-state index < -0.39 is 20.9 Å². The monoisotopic (exact) mass is 559 g/mol. The molecule has 0 aliphatic carbocycles. The lowest BCUT2D eigenvalue weighted by Gasteiger charge is -2.14. The number of carbonyl (C=O) groups is 1. The first-order valence-corrected chi connectivity index (χ1v) is 13.4. The average molecular weight is 560 g/mol. The fraction of sp³-hybridized carbons (Fsp3) is 0.0690. The number of amides is 1. The highest BCUT2D eigenvalue weighted by Crippen LogP contribution is 2.31. The predicted molar refractivity (Wildman–Crippen MR) is 153 cm³/mol. The zero-order valence-corrected chi connectivity index (χ0v) is 22.3. The molecule has 0 spiro atoms. The van der Waals surface area contributed by atoms with Gasteiger partial charge in [0, 0.05) is 29.5 Å². The van der Waals surface area contributed by atoms with Gasteiger partial charge in [0.2, 0.25) is 0 Å². The maximum absolute atomic E-state index is 13.3. The Morgan fingerprint density at radius 3 is 2.15 bits per heavy atom. The number of ether oxygens (including phenoxy) is 2. The first-order chi connectivity index (χ1) is 19.2. The highest BCUT2D eigenvalue weighted by atomic mass is 32.2. The summed E-state index contributed by atoms with van der Waals surface area (Å²) in [5, 5.41) is 13.8. The number of anilines is 2. The maximum atomic E-state index is 13.3. The van der Waals surface area contributed by atoms with Crippen molar-refractivity contribution < 1.29 is 27.6 Å². The molecule has 40 heavy (non-hydrogen) atoms. The summed E-state index contributed by atoms with van der Waals surface area (Å²) < 4.78 is 38.9. The third kappa shape index (κ3) is 6.63. The zero-order valence-electron chi connectivity index (χ0n) is 21.5. The Balaban J connectivity index is 1.56. The number of nitro benzene ring substituents is 1. The molecule has 0 radical (unpaired) electrons. The molecule has 4 rings (SSSR count). The van der Waals surface area contributed by atoms with Crippen LogP contribution in [0.1, 0.15) is 11.1 Å². The van der Waals surface area contributed by atoms with Crippen molar-refractivity contribution in [2.24, 2.45) is 0 Å². The topological polar surface area (TPSA) is 137 Å². The molecule has 11 heteroatoms. The predicted octanol–water partition coefficient (Wildman–Crippen LogP) is 5.59. The third-order valence-electron chi connectivity index (χ3n) is 5.82. The minimum Gasteiger partial charge on any atom is -0.497 e. The van der Waals surface area contributed by atoms with Gasteiger partial charge in [0.15, 0.2) is 0 Å². The minimum absolute atomic E-state index is 0.0277. The van der Waals surface area contributed by atoms with Gasteiger partial charge >= 0.3 is 0 Å². The molecule has 204 valence electrons. The van der Waals surface area contributed by atoms with E-state index in [1.165, 1.54) is 56.7 Å². The number of hydrogen-bond donors (Lipinski definition) is 2. The lowest BCUT2D eigenvalue weighted by molar-refractivity contribution is -0.384. The Morgan fingerprint density at radius 1 is 0.875 bits per heavy atom. The lowest BCUT2D eigenvalue weighted by Crippen LogP contribution is -2.15. The van der Waals surface area contributed by atoms with Crippen molar-refractivity contribution in [3.63, 3.8) is 0 Å². The van der Waals surface area contributed by atoms with Gasteiger partial charge in [-0.2, -0.15) is 0 Å². The molecule has 4 aromatic carbocycles. The van der Waals surface area contributed by atoms with Crippen molar-refractivity contribution in [2.75, 3.05) is 24.3 Å². The Bertz CT molecular complexity index is 1650. The fourth-order valence-electron chi connectivity index (χ4n) is 3.77. The molecular weight excluding hydrogens is 534 g/mol. The molecule has 0 aliphatic rings. The van der Waals surface area contributed by atoms with Crippen molar-refractivity contribution in [1.29, 1.82) is 0 Å². The van der Waals surface area contributed by atoms with Crippen molar-refractivity contribution in [2.45, 2.75) is 4.90 Å². The van der Waals surface area contributed by atoms with Crippen LogP contribution >= 0.6 is 0 Å². The van der Waals surface area contributed by atoms with Gasteiger partial charge in [0.05, 0.1) is 29.7 Å². The van der Waals surface area contributed by atoms with Crippen LogP contribution in [-0.4, -0.2) is 33.5 Å². The lowest BCUT2D eigenvalue weighted by atomic mass is 10.0. The number of rotatable bonds is 10. The molecule has 10 nitrogen and oxygen atoms in total. The van der Waals surface area contributed by atoms with Crippen LogP contribution < -0.4 is 19.5 Å². The van der Waals surface area contributed by atoms with E-state index in [0.717, 1.165) is 0 Å². The van der Waals surface area contributed by atoms with Gasteiger partial charge in [-0.25, -0.2) is 8.42 Å². The van der Waals surface area contributed by atoms with E-state index >= 15 is 0 Å². The van der Waals surface area contributed by atoms with E-state index in [1.807, 2.05) is 6.07 Å². The average Bonchev–Trinajstić information content (AvgIpc) is 2.96. The van der Waals surface area contributed by atoms with Crippen LogP contribution in [0, 0.1) is 10.1 Å². The second kappa shape index (κ2) is 12.1. The molecule has 0 atom stereocenters. The van der Waals surface area contributed by atoms with Gasteiger partial charge in [-0.3, -0.25) is 19.6 Å². The largest absolute Gasteiger partial charge is 0.497 e. The van der Waals surface area contributed by atoms with Crippen molar-refractivity contribution in [1.82, 2.24) is 0 Å². The molecule has 0 bridgehead atoms. The van der Waals surface area contributed by atoms with Crippen LogP contribution in [-0.2, 0) is 14.8 Å². The van der Waals surface area contributed by atoms with Crippen LogP contribution in [0.4, 0.5) is 17.1 Å². The number of hydrogen-bond acceptors (Lipinski definition) is 7. The highest BCUT2D eigenvalue weighted by molar-refractivity contribution is 7.92. The summed E-state index contributed by atoms with van der Waals surface area (Å²) in [4.78, 5) is 23.8. The summed E-state index contributed by atoms with van der Waals surface area (Å²) in [7, 11) is -1.09. The third-order valence-corrected chi connectivity index (χ3v) is 7.20. The second-order valence-electron chi connectivity index (χ2n) is 8.42. The van der Waals surface area contributed by atoms with Crippen LogP contribution in [0.25, 0.3) is 11.6 Å². The molecule has 4 aromatic rings. The smallest absolute Gasteiger partial charge is 0.269 e. The number of benzene rings is 4. The van der Waals surface area contributed by atoms with E-state index in [2.05, 4.69) is 10.0 Å². The van der Waals surface area contributed by atoms with Gasteiger partial charge < -0.3 is 14.8 Å². The molecular formula is C29H25N3O7S. The number of carbonyl (C=O) groups excluding carboxylic acids is 1. The number of nitro groups is 1. The molecule has 0 fully saturated rings. The zero-order chi connectivity index (χ0) is 28.7. The van der Waals surface area contributed by atoms with Crippen molar-refractivity contribution in [3.8, 4) is 11.5 Å². The molecule has 2 N–H and O–H groups in total.